The average Bonchev–Trinajstić information content (AvgIpc) is 3.16. The fourth-order valence-electron chi connectivity index (χ4n) is 2.50. The second kappa shape index (κ2) is 6.31. The molecule has 2 aliphatic rings. The average molecular weight is 305 g/mol. The number of ether oxygens (including phenoxy) is 1. The second-order valence-corrected chi connectivity index (χ2v) is 5.75. The van der Waals surface area contributed by atoms with Crippen LogP contribution in [0.25, 0.3) is 0 Å². The largest absolute Gasteiger partial charge is 0.377 e. The Morgan fingerprint density at radius 3 is 2.82 bits per heavy atom. The molecule has 0 unspecified atom stereocenters. The Balaban J connectivity index is 1.71. The van der Waals surface area contributed by atoms with Crippen molar-refractivity contribution in [3.63, 3.8) is 0 Å². The van der Waals surface area contributed by atoms with Crippen molar-refractivity contribution in [2.24, 2.45) is 0 Å². The van der Waals surface area contributed by atoms with Gasteiger partial charge in [-0.2, -0.15) is 0 Å². The number of amides is 1. The standard InChI is InChI=1S/C15H19N3O4/c19-15(17-11-4-5-11)10-3-6-13(14(8-10)18(20)21)16-9-12-2-1-7-22-12/h3,6,8,11-12,16H,1-2,4-5,7,9H2,(H,17,19)/t12-/m0/s1. The Morgan fingerprint density at radius 1 is 1.36 bits per heavy atom. The minimum absolute atomic E-state index is 0.0820. The van der Waals surface area contributed by atoms with Crippen LogP contribution < -0.4 is 10.6 Å². The summed E-state index contributed by atoms with van der Waals surface area (Å²) in [4.78, 5) is 22.7. The molecule has 0 aromatic heterocycles. The Hall–Kier alpha value is -2.15. The fraction of sp³-hybridized carbons (Fsp3) is 0.533. The van der Waals surface area contributed by atoms with Crippen LogP contribution in [-0.2, 0) is 4.74 Å². The van der Waals surface area contributed by atoms with Gasteiger partial charge in [-0.25, -0.2) is 0 Å². The molecule has 2 N–H and O–H groups in total. The fourth-order valence-corrected chi connectivity index (χ4v) is 2.50. The normalized spacial score (nSPS) is 20.6. The van der Waals surface area contributed by atoms with Crippen LogP contribution in [0, 0.1) is 10.1 Å². The molecule has 1 aliphatic carbocycles. The number of hydrogen-bond acceptors (Lipinski definition) is 5. The molecule has 7 heteroatoms. The van der Waals surface area contributed by atoms with Gasteiger partial charge < -0.3 is 15.4 Å². The van der Waals surface area contributed by atoms with Crippen LogP contribution in [0.4, 0.5) is 11.4 Å². The highest BCUT2D eigenvalue weighted by molar-refractivity contribution is 5.96. The predicted molar refractivity (Wildman–Crippen MR) is 81.0 cm³/mol. The van der Waals surface area contributed by atoms with E-state index in [0.29, 0.717) is 17.8 Å². The van der Waals surface area contributed by atoms with Crippen LogP contribution in [0.2, 0.25) is 0 Å². The lowest BCUT2D eigenvalue weighted by atomic mass is 10.1. The molecule has 1 aromatic rings. The van der Waals surface area contributed by atoms with E-state index in [1.54, 1.807) is 12.1 Å². The summed E-state index contributed by atoms with van der Waals surface area (Å²) in [5.41, 5.74) is 0.659. The van der Waals surface area contributed by atoms with Crippen LogP contribution in [0.5, 0.6) is 0 Å². The zero-order valence-corrected chi connectivity index (χ0v) is 12.2. The third-order valence-corrected chi connectivity index (χ3v) is 3.91. The van der Waals surface area contributed by atoms with Crippen molar-refractivity contribution in [1.82, 2.24) is 5.32 Å². The molecule has 1 saturated carbocycles. The van der Waals surface area contributed by atoms with Crippen molar-refractivity contribution >= 4 is 17.3 Å². The van der Waals surface area contributed by atoms with E-state index in [-0.39, 0.29) is 23.7 Å². The maximum absolute atomic E-state index is 12.0. The molecule has 7 nitrogen and oxygen atoms in total. The van der Waals surface area contributed by atoms with Crippen molar-refractivity contribution in [3.05, 3.63) is 33.9 Å². The van der Waals surface area contributed by atoms with Gasteiger partial charge in [-0.1, -0.05) is 0 Å². The third-order valence-electron chi connectivity index (χ3n) is 3.91. The first-order chi connectivity index (χ1) is 10.6. The summed E-state index contributed by atoms with van der Waals surface area (Å²) in [6.07, 6.45) is 4.04. The van der Waals surface area contributed by atoms with Crippen molar-refractivity contribution in [1.29, 1.82) is 0 Å². The molecule has 1 saturated heterocycles. The summed E-state index contributed by atoms with van der Waals surface area (Å²) in [5, 5.41) is 17.1. The number of carbonyl (C=O) groups excluding carboxylic acids is 1. The van der Waals surface area contributed by atoms with Crippen LogP contribution in [0.3, 0.4) is 0 Å². The highest BCUT2D eigenvalue weighted by Crippen LogP contribution is 2.27. The van der Waals surface area contributed by atoms with Crippen molar-refractivity contribution in [2.75, 3.05) is 18.5 Å². The van der Waals surface area contributed by atoms with Gasteiger partial charge in [-0.05, 0) is 37.8 Å². The number of nitrogens with one attached hydrogen (secondary N) is 2. The Kier molecular flexibility index (Phi) is 4.24. The number of anilines is 1. The van der Waals surface area contributed by atoms with E-state index >= 15 is 0 Å². The van der Waals surface area contributed by atoms with Crippen LogP contribution >= 0.6 is 0 Å². The molecule has 118 valence electrons. The lowest BCUT2D eigenvalue weighted by Crippen LogP contribution is -2.25. The molecular formula is C15H19N3O4. The molecule has 2 fully saturated rings. The van der Waals surface area contributed by atoms with Gasteiger partial charge in [0.25, 0.3) is 11.6 Å². The van der Waals surface area contributed by atoms with Crippen LogP contribution in [0.15, 0.2) is 18.2 Å². The molecule has 0 bridgehead atoms. The van der Waals surface area contributed by atoms with Gasteiger partial charge in [0.1, 0.15) is 5.69 Å². The highest BCUT2D eigenvalue weighted by Gasteiger charge is 2.25. The maximum Gasteiger partial charge on any atom is 0.293 e. The first-order valence-electron chi connectivity index (χ1n) is 7.58. The lowest BCUT2D eigenvalue weighted by Gasteiger charge is -2.12. The molecule has 0 spiro atoms. The van der Waals surface area contributed by atoms with Gasteiger partial charge in [0.15, 0.2) is 0 Å². The molecule has 1 aliphatic heterocycles. The number of nitrogens with zero attached hydrogens (tertiary/aromatic N) is 1. The quantitative estimate of drug-likeness (QED) is 0.620. The highest BCUT2D eigenvalue weighted by atomic mass is 16.6. The number of benzene rings is 1. The SMILES string of the molecule is O=C(NC1CC1)c1ccc(NC[C@@H]2CCCO2)c([N+](=O)[O-])c1. The number of hydrogen-bond donors (Lipinski definition) is 2. The first kappa shape index (κ1) is 14.8. The number of rotatable bonds is 6. The minimum atomic E-state index is -0.467. The Morgan fingerprint density at radius 2 is 2.18 bits per heavy atom. The zero-order chi connectivity index (χ0) is 15.5. The van der Waals surface area contributed by atoms with Crippen molar-refractivity contribution in [3.8, 4) is 0 Å². The smallest absolute Gasteiger partial charge is 0.293 e. The predicted octanol–water partition coefficient (Wildman–Crippen LogP) is 2.08. The van der Waals surface area contributed by atoms with Crippen molar-refractivity contribution < 1.29 is 14.5 Å². The number of nitro benzene ring substituents is 1. The molecule has 1 amide bonds. The molecule has 22 heavy (non-hydrogen) atoms. The topological polar surface area (TPSA) is 93.5 Å². The van der Waals surface area contributed by atoms with E-state index in [1.165, 1.54) is 6.07 Å². The maximum atomic E-state index is 12.0. The molecule has 0 radical (unpaired) electrons. The van der Waals surface area contributed by atoms with Crippen molar-refractivity contribution in [2.45, 2.75) is 37.8 Å². The number of carbonyl (C=O) groups is 1. The molecule has 1 aromatic carbocycles. The Labute approximate surface area is 128 Å². The molecule has 1 heterocycles. The van der Waals surface area contributed by atoms with Gasteiger partial charge in [-0.15, -0.1) is 0 Å². The van der Waals surface area contributed by atoms with Gasteiger partial charge in [0.05, 0.1) is 11.0 Å². The monoisotopic (exact) mass is 305 g/mol. The van der Waals surface area contributed by atoms with Gasteiger partial charge in [0.2, 0.25) is 0 Å². The molecule has 1 atom stereocenters. The summed E-state index contributed by atoms with van der Waals surface area (Å²) in [5.74, 6) is -0.253. The van der Waals surface area contributed by atoms with Gasteiger partial charge in [-0.3, -0.25) is 14.9 Å². The zero-order valence-electron chi connectivity index (χ0n) is 12.2. The minimum Gasteiger partial charge on any atom is -0.377 e. The molecule has 3 rings (SSSR count). The van der Waals surface area contributed by atoms with Crippen LogP contribution in [-0.4, -0.2) is 36.1 Å². The lowest BCUT2D eigenvalue weighted by molar-refractivity contribution is -0.384. The second-order valence-electron chi connectivity index (χ2n) is 5.75. The Bertz CT molecular complexity index is 580. The summed E-state index contributed by atoms with van der Waals surface area (Å²) < 4.78 is 5.49. The summed E-state index contributed by atoms with van der Waals surface area (Å²) in [6, 6.07) is 4.76. The van der Waals surface area contributed by atoms with E-state index in [2.05, 4.69) is 10.6 Å². The van der Waals surface area contributed by atoms with Crippen LogP contribution in [0.1, 0.15) is 36.0 Å². The van der Waals surface area contributed by atoms with E-state index in [1.807, 2.05) is 0 Å². The van der Waals surface area contributed by atoms with E-state index in [9.17, 15) is 14.9 Å². The number of nitro groups is 1. The van der Waals surface area contributed by atoms with E-state index in [4.69, 9.17) is 4.74 Å². The van der Waals surface area contributed by atoms with E-state index < -0.39 is 4.92 Å². The van der Waals surface area contributed by atoms with E-state index in [0.717, 1.165) is 32.3 Å². The third kappa shape index (κ3) is 3.54. The first-order valence-corrected chi connectivity index (χ1v) is 7.58. The summed E-state index contributed by atoms with van der Waals surface area (Å²) in [6.45, 7) is 1.28. The summed E-state index contributed by atoms with van der Waals surface area (Å²) in [7, 11) is 0. The summed E-state index contributed by atoms with van der Waals surface area (Å²) >= 11 is 0. The molecular weight excluding hydrogens is 286 g/mol. The van der Waals surface area contributed by atoms with Gasteiger partial charge >= 0.3 is 0 Å². The van der Waals surface area contributed by atoms with Gasteiger partial charge in [0, 0.05) is 30.8 Å².